The fourth-order valence-corrected chi connectivity index (χ4v) is 8.57. The zero-order valence-electron chi connectivity index (χ0n) is 25.1. The summed E-state index contributed by atoms with van der Waals surface area (Å²) < 4.78 is 29.6. The van der Waals surface area contributed by atoms with Crippen molar-refractivity contribution in [3.8, 4) is 0 Å². The van der Waals surface area contributed by atoms with Crippen molar-refractivity contribution >= 4 is 11.9 Å². The van der Waals surface area contributed by atoms with Gasteiger partial charge in [-0.25, -0.2) is 0 Å². The minimum Gasteiger partial charge on any atom is -0.632 e. The maximum atomic E-state index is 13.6. The van der Waals surface area contributed by atoms with Crippen LogP contribution >= 0.6 is 0 Å². The van der Waals surface area contributed by atoms with Gasteiger partial charge in [0.05, 0.1) is 20.3 Å². The number of carbonyl (C=O) groups is 2. The molecular weight excluding hydrogens is 564 g/mol. The number of quaternary nitrogens is 1. The van der Waals surface area contributed by atoms with E-state index in [1.807, 2.05) is 60.7 Å². The fraction of sp³-hybridized carbons (Fsp3) is 0.588. The number of rotatable bonds is 10. The third kappa shape index (κ3) is 4.96. The van der Waals surface area contributed by atoms with Crippen LogP contribution in [0.4, 0.5) is 0 Å². The van der Waals surface area contributed by atoms with Gasteiger partial charge in [-0.3, -0.25) is 14.5 Å². The number of esters is 2. The van der Waals surface area contributed by atoms with E-state index < -0.39 is 11.8 Å². The summed E-state index contributed by atoms with van der Waals surface area (Å²) in [7, 11) is 3.85. The van der Waals surface area contributed by atoms with Gasteiger partial charge in [0, 0.05) is 37.8 Å². The summed E-state index contributed by atoms with van der Waals surface area (Å²) in [5.41, 5.74) is 1.60. The highest BCUT2D eigenvalue weighted by Gasteiger charge is 2.69. The molecule has 6 heterocycles. The molecule has 0 aliphatic carbocycles. The number of nitrogens with zero attached hydrogens (tertiary/aromatic N) is 2. The predicted molar refractivity (Wildman–Crippen MR) is 157 cm³/mol. The number of likely N-dealkylation sites (N-methyl/N-ethyl adjacent to an activating group) is 2. The first kappa shape index (κ1) is 28.6. The van der Waals surface area contributed by atoms with E-state index >= 15 is 0 Å². The zero-order chi connectivity index (χ0) is 30.2. The Morgan fingerprint density at radius 1 is 0.773 bits per heavy atom. The molecule has 6 saturated heterocycles. The molecule has 6 fully saturated rings. The van der Waals surface area contributed by atoms with E-state index in [4.69, 9.17) is 23.7 Å². The van der Waals surface area contributed by atoms with Crippen LogP contribution < -0.4 is 0 Å². The Bertz CT molecular complexity index is 1350. The van der Waals surface area contributed by atoms with Crippen molar-refractivity contribution in [1.29, 1.82) is 0 Å². The molecule has 8 rings (SSSR count). The molecule has 10 heteroatoms. The molecule has 234 valence electrons. The monoisotopic (exact) mass is 604 g/mol. The van der Waals surface area contributed by atoms with Gasteiger partial charge in [-0.2, -0.15) is 0 Å². The van der Waals surface area contributed by atoms with Crippen LogP contribution in [0.5, 0.6) is 0 Å². The number of fused-ring (bicyclic) bond motifs is 10. The third-order valence-electron chi connectivity index (χ3n) is 11.1. The second-order valence-electron chi connectivity index (χ2n) is 13.6. The lowest BCUT2D eigenvalue weighted by molar-refractivity contribution is -0.911. The number of carbonyl (C=O) groups excluding carboxylic acids is 2. The summed E-state index contributed by atoms with van der Waals surface area (Å²) in [6.07, 6.45) is 2.56. The summed E-state index contributed by atoms with van der Waals surface area (Å²) >= 11 is 0. The lowest BCUT2D eigenvalue weighted by Gasteiger charge is -2.51. The van der Waals surface area contributed by atoms with Crippen LogP contribution in [-0.4, -0.2) is 110 Å². The normalized spacial score (nSPS) is 40.8. The molecular formula is C34H40N2O8. The molecule has 10 nitrogen and oxygen atoms in total. The van der Waals surface area contributed by atoms with Crippen molar-refractivity contribution in [1.82, 2.24) is 4.90 Å². The Kier molecular flexibility index (Phi) is 7.08. The van der Waals surface area contributed by atoms with E-state index in [-0.39, 0.29) is 78.5 Å². The molecule has 6 aliphatic heterocycles. The van der Waals surface area contributed by atoms with Crippen molar-refractivity contribution in [2.45, 2.75) is 98.3 Å². The van der Waals surface area contributed by atoms with Gasteiger partial charge in [0.1, 0.15) is 60.5 Å². The number of benzene rings is 2. The van der Waals surface area contributed by atoms with Crippen molar-refractivity contribution in [2.24, 2.45) is 0 Å². The van der Waals surface area contributed by atoms with E-state index in [1.54, 1.807) is 7.05 Å². The Hall–Kier alpha value is -2.86. The molecule has 0 aromatic heterocycles. The summed E-state index contributed by atoms with van der Waals surface area (Å²) in [4.78, 5) is 29.7. The van der Waals surface area contributed by atoms with Gasteiger partial charge in [0.25, 0.3) is 0 Å². The quantitative estimate of drug-likeness (QED) is 0.175. The van der Waals surface area contributed by atoms with Crippen LogP contribution in [0.15, 0.2) is 60.7 Å². The Balaban J connectivity index is 0.931. The second kappa shape index (κ2) is 10.9. The smallest absolute Gasteiger partial charge is 0.316 e. The lowest BCUT2D eigenvalue weighted by atomic mass is 9.96. The number of piperidine rings is 2. The highest BCUT2D eigenvalue weighted by Crippen LogP contribution is 2.52. The minimum atomic E-state index is -0.668. The second-order valence-corrected chi connectivity index (χ2v) is 13.6. The van der Waals surface area contributed by atoms with E-state index in [0.29, 0.717) is 24.9 Å². The van der Waals surface area contributed by atoms with Crippen LogP contribution in [0.3, 0.4) is 0 Å². The number of hydrogen-bond acceptors (Lipinski definition) is 9. The van der Waals surface area contributed by atoms with Crippen molar-refractivity contribution in [3.63, 3.8) is 0 Å². The lowest BCUT2D eigenvalue weighted by Crippen LogP contribution is -2.58. The van der Waals surface area contributed by atoms with E-state index in [9.17, 15) is 14.8 Å². The SMILES string of the molecule is CN1[C@@H]2C[C@@H](OC(=O)[C@H](COC[C@@H](C(=O)O[C@@H]3C[C@@H]4[C@H]5O[C@H]5[C@H](C3)[N+]4(C)[O-])c3ccccc3)c3ccccc3)C[C@H]1[C@@H]1O[C@@H]12. The molecule has 4 bridgehead atoms. The predicted octanol–water partition coefficient (Wildman–Crippen LogP) is 2.89. The molecule has 2 aromatic carbocycles. The highest BCUT2D eigenvalue weighted by molar-refractivity contribution is 5.79. The summed E-state index contributed by atoms with van der Waals surface area (Å²) in [5.74, 6) is -1.98. The van der Waals surface area contributed by atoms with Gasteiger partial charge in [-0.15, -0.1) is 0 Å². The molecule has 6 aliphatic rings. The minimum absolute atomic E-state index is 0.0159. The summed E-state index contributed by atoms with van der Waals surface area (Å²) in [6.45, 7) is 0.134. The van der Waals surface area contributed by atoms with Gasteiger partial charge in [-0.05, 0) is 18.2 Å². The van der Waals surface area contributed by atoms with Gasteiger partial charge in [0.2, 0.25) is 0 Å². The molecule has 0 radical (unpaired) electrons. The van der Waals surface area contributed by atoms with Crippen molar-refractivity contribution in [3.05, 3.63) is 77.0 Å². The maximum Gasteiger partial charge on any atom is 0.316 e. The average molecular weight is 605 g/mol. The Morgan fingerprint density at radius 2 is 1.20 bits per heavy atom. The third-order valence-corrected chi connectivity index (χ3v) is 11.1. The molecule has 0 saturated carbocycles. The van der Waals surface area contributed by atoms with Crippen molar-refractivity contribution < 1.29 is 37.9 Å². The van der Waals surface area contributed by atoms with Gasteiger partial charge < -0.3 is 33.5 Å². The molecule has 0 spiro atoms. The number of epoxide rings is 2. The molecule has 0 amide bonds. The molecule has 0 N–H and O–H groups in total. The Labute approximate surface area is 257 Å². The highest BCUT2D eigenvalue weighted by atomic mass is 16.6. The van der Waals surface area contributed by atoms with Crippen LogP contribution in [0.1, 0.15) is 48.6 Å². The fourth-order valence-electron chi connectivity index (χ4n) is 8.57. The largest absolute Gasteiger partial charge is 0.632 e. The van der Waals surface area contributed by atoms with Crippen LogP contribution in [0.25, 0.3) is 0 Å². The molecule has 13 atom stereocenters. The molecule has 2 aromatic rings. The first-order valence-electron chi connectivity index (χ1n) is 16.0. The topological polar surface area (TPSA) is 113 Å². The number of ether oxygens (including phenoxy) is 5. The summed E-state index contributed by atoms with van der Waals surface area (Å²) in [5, 5.41) is 13.1. The first-order valence-corrected chi connectivity index (χ1v) is 16.0. The zero-order valence-corrected chi connectivity index (χ0v) is 25.1. The van der Waals surface area contributed by atoms with Crippen LogP contribution in [0.2, 0.25) is 0 Å². The van der Waals surface area contributed by atoms with Gasteiger partial charge >= 0.3 is 11.9 Å². The van der Waals surface area contributed by atoms with E-state index in [1.165, 1.54) is 0 Å². The van der Waals surface area contributed by atoms with E-state index in [0.717, 1.165) is 24.0 Å². The molecule has 1 unspecified atom stereocenters. The molecule has 44 heavy (non-hydrogen) atoms. The first-order chi connectivity index (χ1) is 21.3. The standard InChI is InChI=1S/C34H40N2O8/c1-35-25-13-21(14-26(35)30-29(25)43-30)41-33(37)23(19-9-5-3-6-10-19)17-40-18-24(20-11-7-4-8-12-20)34(38)42-22-15-27-31-32(44-31)28(16-22)36(27,2)39/h3-12,21-32H,13-18H2,1-2H3/t21-,22-,23-,24-,25-,26+,27-,28+,29-,30+,31-,32+,36?/m1/s1. The van der Waals surface area contributed by atoms with Crippen LogP contribution in [0, 0.1) is 5.21 Å². The number of hydroxylamine groups is 3. The van der Waals surface area contributed by atoms with Crippen LogP contribution in [-0.2, 0) is 33.3 Å². The summed E-state index contributed by atoms with van der Waals surface area (Å²) in [6, 6.07) is 19.2. The van der Waals surface area contributed by atoms with Crippen molar-refractivity contribution in [2.75, 3.05) is 27.3 Å². The Morgan fingerprint density at radius 3 is 1.68 bits per heavy atom. The number of hydrogen-bond donors (Lipinski definition) is 0. The maximum absolute atomic E-state index is 13.6. The van der Waals surface area contributed by atoms with E-state index in [2.05, 4.69) is 11.9 Å². The number of morpholine rings is 2. The van der Waals surface area contributed by atoms with Gasteiger partial charge in [0.15, 0.2) is 0 Å². The van der Waals surface area contributed by atoms with Gasteiger partial charge in [-0.1, -0.05) is 60.7 Å². The average Bonchev–Trinajstić information content (AvgIpc) is 3.92.